The number of fused-ring (bicyclic) bond motifs is 1. The lowest BCUT2D eigenvalue weighted by Gasteiger charge is -2.42. The Morgan fingerprint density at radius 2 is 2.13 bits per heavy atom. The zero-order valence-corrected chi connectivity index (χ0v) is 9.06. The van der Waals surface area contributed by atoms with Crippen LogP contribution in [0.3, 0.4) is 0 Å². The molecule has 0 N–H and O–H groups in total. The zero-order valence-electron chi connectivity index (χ0n) is 9.06. The summed E-state index contributed by atoms with van der Waals surface area (Å²) in [6.07, 6.45) is 1.58. The van der Waals surface area contributed by atoms with E-state index >= 15 is 0 Å². The van der Waals surface area contributed by atoms with E-state index < -0.39 is 23.2 Å². The molecular weight excluding hydrogens is 202 g/mol. The maximum atomic E-state index is 13.8. The van der Waals surface area contributed by atoms with Crippen LogP contribution in [-0.4, -0.2) is 18.5 Å². The number of halogens is 2. The third-order valence-corrected chi connectivity index (χ3v) is 3.80. The molecule has 0 aromatic carbocycles. The van der Waals surface area contributed by atoms with Gasteiger partial charge in [-0.25, -0.2) is 8.78 Å². The van der Waals surface area contributed by atoms with Gasteiger partial charge in [0.05, 0.1) is 6.61 Å². The molecule has 0 aromatic heterocycles. The van der Waals surface area contributed by atoms with Crippen LogP contribution in [0.25, 0.3) is 0 Å². The average molecular weight is 218 g/mol. The fourth-order valence-electron chi connectivity index (χ4n) is 2.97. The Kier molecular flexibility index (Phi) is 2.28. The molecule has 86 valence electrons. The minimum Gasteiger partial charge on any atom is -0.465 e. The van der Waals surface area contributed by atoms with Crippen LogP contribution in [0.5, 0.6) is 0 Å². The van der Waals surface area contributed by atoms with Crippen molar-refractivity contribution in [2.24, 2.45) is 17.3 Å². The number of ether oxygens (including phenoxy) is 1. The van der Waals surface area contributed by atoms with Crippen molar-refractivity contribution < 1.29 is 18.3 Å². The molecule has 0 aromatic rings. The molecule has 0 amide bonds. The third-order valence-electron chi connectivity index (χ3n) is 3.80. The number of esters is 1. The van der Waals surface area contributed by atoms with Crippen LogP contribution >= 0.6 is 0 Å². The number of hydrogen-bond acceptors (Lipinski definition) is 2. The van der Waals surface area contributed by atoms with E-state index in [-0.39, 0.29) is 12.5 Å². The number of carbonyl (C=O) groups excluding carboxylic acids is 1. The average Bonchev–Trinajstić information content (AvgIpc) is 2.87. The number of rotatable bonds is 4. The lowest BCUT2D eigenvalue weighted by molar-refractivity contribution is -0.216. The maximum Gasteiger partial charge on any atom is 0.318 e. The highest BCUT2D eigenvalue weighted by atomic mass is 19.3. The highest BCUT2D eigenvalue weighted by molar-refractivity contribution is 5.84. The van der Waals surface area contributed by atoms with Crippen LogP contribution in [0.15, 0.2) is 0 Å². The van der Waals surface area contributed by atoms with Crippen molar-refractivity contribution in [1.29, 1.82) is 0 Å². The van der Waals surface area contributed by atoms with Gasteiger partial charge in [0, 0.05) is 5.92 Å². The molecule has 3 atom stereocenters. The van der Waals surface area contributed by atoms with Crippen LogP contribution in [0.2, 0.25) is 0 Å². The molecule has 0 unspecified atom stereocenters. The quantitative estimate of drug-likeness (QED) is 0.678. The van der Waals surface area contributed by atoms with Gasteiger partial charge in [-0.15, -0.1) is 0 Å². The maximum absolute atomic E-state index is 13.8. The van der Waals surface area contributed by atoms with Crippen LogP contribution in [0.4, 0.5) is 8.78 Å². The second-order valence-electron chi connectivity index (χ2n) is 4.52. The van der Waals surface area contributed by atoms with Gasteiger partial charge in [0.25, 0.3) is 5.92 Å². The Morgan fingerprint density at radius 3 is 2.60 bits per heavy atom. The summed E-state index contributed by atoms with van der Waals surface area (Å²) in [5.41, 5.74) is -1.43. The van der Waals surface area contributed by atoms with Crippen molar-refractivity contribution in [3.8, 4) is 0 Å². The molecule has 2 rings (SSSR count). The lowest BCUT2D eigenvalue weighted by Crippen LogP contribution is -2.55. The fraction of sp³-hybridized carbons (Fsp3) is 0.909. The first-order valence-electron chi connectivity index (χ1n) is 5.57. The second kappa shape index (κ2) is 3.16. The van der Waals surface area contributed by atoms with Crippen molar-refractivity contribution >= 4 is 5.97 Å². The summed E-state index contributed by atoms with van der Waals surface area (Å²) in [6.45, 7) is 3.72. The summed E-state index contributed by atoms with van der Waals surface area (Å²) >= 11 is 0. The molecular formula is C11H16F2O2. The van der Waals surface area contributed by atoms with E-state index in [4.69, 9.17) is 4.74 Å². The standard InChI is InChI=1S/C11H16F2O2/c1-3-5-7-8-6-10(8,11(7,12)13)9(14)15-4-2/h7-8H,3-6H2,1-2H3/t7-,8-,10-/m0/s1. The summed E-state index contributed by atoms with van der Waals surface area (Å²) in [4.78, 5) is 11.5. The summed E-state index contributed by atoms with van der Waals surface area (Å²) in [6, 6.07) is 0. The van der Waals surface area contributed by atoms with Crippen LogP contribution in [0.1, 0.15) is 33.1 Å². The monoisotopic (exact) mass is 218 g/mol. The molecule has 0 aliphatic heterocycles. The summed E-state index contributed by atoms with van der Waals surface area (Å²) in [5, 5.41) is 0. The summed E-state index contributed by atoms with van der Waals surface area (Å²) in [5.74, 6) is -4.23. The molecule has 2 aliphatic rings. The Bertz CT molecular complexity index is 290. The summed E-state index contributed by atoms with van der Waals surface area (Å²) in [7, 11) is 0. The Labute approximate surface area is 88.0 Å². The molecule has 2 nitrogen and oxygen atoms in total. The van der Waals surface area contributed by atoms with Gasteiger partial charge >= 0.3 is 5.97 Å². The summed E-state index contributed by atoms with van der Waals surface area (Å²) < 4.78 is 32.2. The number of hydrogen-bond donors (Lipinski definition) is 0. The Morgan fingerprint density at radius 1 is 1.47 bits per heavy atom. The number of alkyl halides is 2. The topological polar surface area (TPSA) is 26.3 Å². The minimum atomic E-state index is -2.83. The molecule has 0 bridgehead atoms. The van der Waals surface area contributed by atoms with Crippen molar-refractivity contribution in [3.05, 3.63) is 0 Å². The van der Waals surface area contributed by atoms with Crippen molar-refractivity contribution in [3.63, 3.8) is 0 Å². The number of carbonyl (C=O) groups is 1. The first-order chi connectivity index (χ1) is 7.02. The normalized spacial score (nSPS) is 40.3. The zero-order chi connectivity index (χ0) is 11.3. The van der Waals surface area contributed by atoms with Gasteiger partial charge in [0.15, 0.2) is 0 Å². The minimum absolute atomic E-state index is 0.119. The first kappa shape index (κ1) is 10.8. The van der Waals surface area contributed by atoms with Gasteiger partial charge < -0.3 is 4.74 Å². The van der Waals surface area contributed by atoms with Gasteiger partial charge in [0.2, 0.25) is 0 Å². The van der Waals surface area contributed by atoms with Gasteiger partial charge in [0.1, 0.15) is 5.41 Å². The molecule has 0 radical (unpaired) electrons. The van der Waals surface area contributed by atoms with Gasteiger partial charge in [-0.2, -0.15) is 0 Å². The Hall–Kier alpha value is -0.670. The molecule has 15 heavy (non-hydrogen) atoms. The molecule has 0 spiro atoms. The Balaban J connectivity index is 2.08. The van der Waals surface area contributed by atoms with Gasteiger partial charge in [-0.3, -0.25) is 4.79 Å². The van der Waals surface area contributed by atoms with Crippen LogP contribution < -0.4 is 0 Å². The van der Waals surface area contributed by atoms with E-state index in [1.54, 1.807) is 6.92 Å². The molecule has 4 heteroatoms. The smallest absolute Gasteiger partial charge is 0.318 e. The fourth-order valence-corrected chi connectivity index (χ4v) is 2.97. The lowest BCUT2D eigenvalue weighted by atomic mass is 9.68. The predicted molar refractivity (Wildman–Crippen MR) is 50.5 cm³/mol. The van der Waals surface area contributed by atoms with E-state index in [9.17, 15) is 13.6 Å². The van der Waals surface area contributed by atoms with E-state index in [0.29, 0.717) is 12.8 Å². The van der Waals surface area contributed by atoms with E-state index in [2.05, 4.69) is 0 Å². The van der Waals surface area contributed by atoms with E-state index in [0.717, 1.165) is 6.42 Å². The van der Waals surface area contributed by atoms with E-state index in [1.807, 2.05) is 6.92 Å². The highest BCUT2D eigenvalue weighted by Crippen LogP contribution is 2.79. The van der Waals surface area contributed by atoms with Crippen molar-refractivity contribution in [2.75, 3.05) is 6.61 Å². The molecule has 0 saturated heterocycles. The molecule has 2 saturated carbocycles. The van der Waals surface area contributed by atoms with Crippen molar-refractivity contribution in [1.82, 2.24) is 0 Å². The predicted octanol–water partition coefficient (Wildman–Crippen LogP) is 2.62. The second-order valence-corrected chi connectivity index (χ2v) is 4.52. The molecule has 2 aliphatic carbocycles. The first-order valence-corrected chi connectivity index (χ1v) is 5.57. The van der Waals surface area contributed by atoms with Crippen LogP contribution in [-0.2, 0) is 9.53 Å². The highest BCUT2D eigenvalue weighted by Gasteiger charge is 2.88. The van der Waals surface area contributed by atoms with Gasteiger partial charge in [-0.1, -0.05) is 13.3 Å². The molecule has 2 fully saturated rings. The SMILES string of the molecule is CCC[C@H]1[C@@H]2C[C@]2(C(=O)OCC)C1(F)F. The van der Waals surface area contributed by atoms with Crippen molar-refractivity contribution in [2.45, 2.75) is 39.0 Å². The van der Waals surface area contributed by atoms with Gasteiger partial charge in [-0.05, 0) is 25.7 Å². The van der Waals surface area contributed by atoms with E-state index in [1.165, 1.54) is 0 Å². The third kappa shape index (κ3) is 1.11. The molecule has 0 heterocycles. The van der Waals surface area contributed by atoms with Crippen LogP contribution in [0, 0.1) is 17.3 Å². The largest absolute Gasteiger partial charge is 0.465 e.